The van der Waals surface area contributed by atoms with E-state index in [0.29, 0.717) is 12.2 Å². The van der Waals surface area contributed by atoms with Gasteiger partial charge in [-0.05, 0) is 41.8 Å². The van der Waals surface area contributed by atoms with Crippen molar-refractivity contribution in [2.24, 2.45) is 5.73 Å². The summed E-state index contributed by atoms with van der Waals surface area (Å²) in [6.07, 6.45) is 3.75. The molecule has 0 spiro atoms. The van der Waals surface area contributed by atoms with Gasteiger partial charge >= 0.3 is 0 Å². The van der Waals surface area contributed by atoms with E-state index in [1.807, 2.05) is 41.4 Å². The van der Waals surface area contributed by atoms with Gasteiger partial charge in [-0.1, -0.05) is 30.3 Å². The number of likely N-dealkylation sites (tertiary alicyclic amines) is 1. The Morgan fingerprint density at radius 1 is 1.03 bits per heavy atom. The summed E-state index contributed by atoms with van der Waals surface area (Å²) in [5.74, 6) is 0. The van der Waals surface area contributed by atoms with Crippen molar-refractivity contribution in [3.8, 4) is 22.4 Å². The van der Waals surface area contributed by atoms with Crippen molar-refractivity contribution in [1.29, 1.82) is 0 Å². The highest BCUT2D eigenvalue weighted by Crippen LogP contribution is 2.29. The summed E-state index contributed by atoms with van der Waals surface area (Å²) >= 11 is 0. The zero-order chi connectivity index (χ0) is 19.8. The molecule has 4 N–H and O–H groups in total. The first-order valence-electron chi connectivity index (χ1n) is 9.85. The maximum absolute atomic E-state index is 10.7. The van der Waals surface area contributed by atoms with Crippen molar-refractivity contribution in [3.05, 3.63) is 72.7 Å². The molecule has 1 aromatic carbocycles. The minimum Gasteiger partial charge on any atom is -0.372 e. The van der Waals surface area contributed by atoms with Gasteiger partial charge in [0.25, 0.3) is 0 Å². The second-order valence-corrected chi connectivity index (χ2v) is 7.60. The number of pyridine rings is 2. The van der Waals surface area contributed by atoms with E-state index < -0.39 is 6.23 Å². The van der Waals surface area contributed by atoms with Gasteiger partial charge < -0.3 is 15.8 Å². The van der Waals surface area contributed by atoms with Crippen molar-refractivity contribution in [1.82, 2.24) is 19.9 Å². The standard InChI is InChI=1S/C23H23N5O/c24-19-7-9-28(14-19)23(29)21-11-16(6-8-25-21)18-10-17-12-20(27-22(17)26-13-18)15-4-2-1-3-5-15/h1-6,8,10-13,19,23,29H,7,9,14,24H2,(H,26,27)/t19-,23?/m0/s1. The first-order valence-corrected chi connectivity index (χ1v) is 9.85. The fraction of sp³-hybridized carbons (Fsp3) is 0.217. The molecule has 1 aliphatic heterocycles. The highest BCUT2D eigenvalue weighted by atomic mass is 16.3. The molecule has 2 atom stereocenters. The summed E-state index contributed by atoms with van der Waals surface area (Å²) in [6, 6.07) is 18.4. The molecule has 0 amide bonds. The van der Waals surface area contributed by atoms with E-state index in [4.69, 9.17) is 5.73 Å². The largest absolute Gasteiger partial charge is 0.372 e. The zero-order valence-electron chi connectivity index (χ0n) is 16.0. The van der Waals surface area contributed by atoms with E-state index in [2.05, 4.69) is 39.2 Å². The van der Waals surface area contributed by atoms with Crippen LogP contribution < -0.4 is 5.73 Å². The number of nitrogens with one attached hydrogen (secondary N) is 1. The van der Waals surface area contributed by atoms with Gasteiger partial charge in [0.05, 0.1) is 5.69 Å². The van der Waals surface area contributed by atoms with Gasteiger partial charge in [-0.3, -0.25) is 9.88 Å². The first-order chi connectivity index (χ1) is 14.2. The lowest BCUT2D eigenvalue weighted by Gasteiger charge is -2.22. The molecule has 1 aliphatic rings. The molecule has 0 aliphatic carbocycles. The Hall–Kier alpha value is -3.06. The predicted molar refractivity (Wildman–Crippen MR) is 114 cm³/mol. The lowest BCUT2D eigenvalue weighted by atomic mass is 10.1. The summed E-state index contributed by atoms with van der Waals surface area (Å²) in [5.41, 5.74) is 11.6. The molecule has 0 saturated carbocycles. The Bertz CT molecular complexity index is 1140. The van der Waals surface area contributed by atoms with Gasteiger partial charge in [-0.2, -0.15) is 0 Å². The van der Waals surface area contributed by atoms with Gasteiger partial charge in [-0.25, -0.2) is 4.98 Å². The third kappa shape index (κ3) is 3.53. The van der Waals surface area contributed by atoms with E-state index in [9.17, 15) is 5.11 Å². The minimum absolute atomic E-state index is 0.117. The molecule has 29 heavy (non-hydrogen) atoms. The van der Waals surface area contributed by atoms with Crippen LogP contribution >= 0.6 is 0 Å². The van der Waals surface area contributed by atoms with Gasteiger partial charge in [0.2, 0.25) is 0 Å². The zero-order valence-corrected chi connectivity index (χ0v) is 16.0. The molecule has 1 fully saturated rings. The Kier molecular flexibility index (Phi) is 4.60. The van der Waals surface area contributed by atoms with Gasteiger partial charge in [0, 0.05) is 48.2 Å². The molecule has 4 aromatic rings. The third-order valence-electron chi connectivity index (χ3n) is 5.54. The number of nitrogens with zero attached hydrogens (tertiary/aromatic N) is 3. The van der Waals surface area contributed by atoms with Crippen LogP contribution in [0.25, 0.3) is 33.4 Å². The first kappa shape index (κ1) is 18.0. The maximum atomic E-state index is 10.7. The van der Waals surface area contributed by atoms with Crippen LogP contribution in [0.4, 0.5) is 0 Å². The second-order valence-electron chi connectivity index (χ2n) is 7.60. The predicted octanol–water partition coefficient (Wildman–Crippen LogP) is 3.32. The van der Waals surface area contributed by atoms with Gasteiger partial charge in [0.15, 0.2) is 6.23 Å². The molecule has 4 heterocycles. The summed E-state index contributed by atoms with van der Waals surface area (Å²) in [7, 11) is 0. The number of H-pyrrole nitrogens is 1. The van der Waals surface area contributed by atoms with E-state index in [-0.39, 0.29) is 6.04 Å². The fourth-order valence-corrected chi connectivity index (χ4v) is 3.94. The third-order valence-corrected chi connectivity index (χ3v) is 5.54. The molecule has 1 unspecified atom stereocenters. The Morgan fingerprint density at radius 2 is 1.90 bits per heavy atom. The maximum Gasteiger partial charge on any atom is 0.150 e. The van der Waals surface area contributed by atoms with E-state index in [0.717, 1.165) is 46.4 Å². The van der Waals surface area contributed by atoms with Crippen molar-refractivity contribution in [2.75, 3.05) is 13.1 Å². The molecule has 6 heteroatoms. The van der Waals surface area contributed by atoms with Crippen LogP contribution in [0.15, 0.2) is 67.0 Å². The minimum atomic E-state index is -0.739. The number of hydrogen-bond acceptors (Lipinski definition) is 5. The SMILES string of the molecule is N[C@H]1CCN(C(O)c2cc(-c3cnc4[nH]c(-c5ccccc5)cc4c3)ccn2)C1. The fourth-order valence-electron chi connectivity index (χ4n) is 3.94. The molecule has 0 bridgehead atoms. The normalized spacial score (nSPS) is 18.3. The number of rotatable bonds is 4. The Morgan fingerprint density at radius 3 is 2.69 bits per heavy atom. The highest BCUT2D eigenvalue weighted by molar-refractivity contribution is 5.86. The molecule has 1 saturated heterocycles. The number of fused-ring (bicyclic) bond motifs is 1. The number of hydrogen-bond donors (Lipinski definition) is 3. The number of aliphatic hydroxyl groups is 1. The lowest BCUT2D eigenvalue weighted by molar-refractivity contribution is 0.0147. The average Bonchev–Trinajstić information content (AvgIpc) is 3.39. The highest BCUT2D eigenvalue weighted by Gasteiger charge is 2.26. The van der Waals surface area contributed by atoms with E-state index >= 15 is 0 Å². The number of aliphatic hydroxyl groups excluding tert-OH is 1. The lowest BCUT2D eigenvalue weighted by Crippen LogP contribution is -2.30. The molecule has 3 aromatic heterocycles. The van der Waals surface area contributed by atoms with Crippen LogP contribution in [-0.4, -0.2) is 44.1 Å². The monoisotopic (exact) mass is 385 g/mol. The van der Waals surface area contributed by atoms with Crippen LogP contribution in [0.3, 0.4) is 0 Å². The molecule has 0 radical (unpaired) electrons. The Labute approximate surface area is 169 Å². The van der Waals surface area contributed by atoms with Crippen LogP contribution in [0.2, 0.25) is 0 Å². The van der Waals surface area contributed by atoms with Crippen LogP contribution in [0.1, 0.15) is 18.3 Å². The van der Waals surface area contributed by atoms with Gasteiger partial charge in [0.1, 0.15) is 5.65 Å². The number of benzene rings is 1. The second kappa shape index (κ2) is 7.40. The summed E-state index contributed by atoms with van der Waals surface area (Å²) in [4.78, 5) is 14.3. The number of nitrogens with two attached hydrogens (primary N) is 1. The average molecular weight is 385 g/mol. The number of aromatic amines is 1. The van der Waals surface area contributed by atoms with E-state index in [1.165, 1.54) is 0 Å². The van der Waals surface area contributed by atoms with Crippen LogP contribution in [0, 0.1) is 0 Å². The van der Waals surface area contributed by atoms with Crippen molar-refractivity contribution in [2.45, 2.75) is 18.7 Å². The molecule has 146 valence electrons. The summed E-state index contributed by atoms with van der Waals surface area (Å²) in [6.45, 7) is 1.47. The molecular formula is C23H23N5O. The quantitative estimate of drug-likeness (QED) is 0.501. The smallest absolute Gasteiger partial charge is 0.150 e. The van der Waals surface area contributed by atoms with Crippen molar-refractivity contribution in [3.63, 3.8) is 0 Å². The molecule has 6 nitrogen and oxygen atoms in total. The molecular weight excluding hydrogens is 362 g/mol. The molecule has 5 rings (SSSR count). The van der Waals surface area contributed by atoms with Crippen molar-refractivity contribution < 1.29 is 5.11 Å². The Balaban J connectivity index is 1.46. The van der Waals surface area contributed by atoms with Crippen LogP contribution in [-0.2, 0) is 0 Å². The number of aromatic nitrogens is 3. The van der Waals surface area contributed by atoms with E-state index in [1.54, 1.807) is 6.20 Å². The summed E-state index contributed by atoms with van der Waals surface area (Å²) in [5, 5.41) is 11.7. The van der Waals surface area contributed by atoms with Gasteiger partial charge in [-0.15, -0.1) is 0 Å². The van der Waals surface area contributed by atoms with Crippen molar-refractivity contribution >= 4 is 11.0 Å². The topological polar surface area (TPSA) is 91.1 Å². The van der Waals surface area contributed by atoms with Crippen LogP contribution in [0.5, 0.6) is 0 Å². The summed E-state index contributed by atoms with van der Waals surface area (Å²) < 4.78 is 0.